The molecule has 0 saturated heterocycles. The van der Waals surface area contributed by atoms with Gasteiger partial charge in [0.15, 0.2) is 0 Å². The number of ether oxygens (including phenoxy) is 1. The third-order valence-electron chi connectivity index (χ3n) is 4.46. The number of nitrogens with zero attached hydrogens (tertiary/aromatic N) is 2. The maximum atomic E-state index is 12.2. The maximum absolute atomic E-state index is 12.2. The summed E-state index contributed by atoms with van der Waals surface area (Å²) in [5, 5.41) is 2.97. The first kappa shape index (κ1) is 17.5. The zero-order valence-corrected chi connectivity index (χ0v) is 14.9. The molecule has 5 heteroatoms. The molecule has 1 heterocycles. The fourth-order valence-corrected chi connectivity index (χ4v) is 2.85. The van der Waals surface area contributed by atoms with E-state index in [1.807, 2.05) is 36.7 Å². The van der Waals surface area contributed by atoms with Crippen molar-refractivity contribution in [1.29, 1.82) is 0 Å². The standard InChI is InChI=1S/C20H27N3O2/c1-2-3-4-15-25-18-9-7-17(8-10-18)20(24)22-12-14-23-13-11-21-19(23)16-5-6-16/h7-11,13,16H,2-6,12,14-15H2,1H3,(H,22,24). The lowest BCUT2D eigenvalue weighted by Crippen LogP contribution is -2.27. The normalized spacial score (nSPS) is 13.6. The third kappa shape index (κ3) is 5.08. The van der Waals surface area contributed by atoms with Gasteiger partial charge in [-0.2, -0.15) is 0 Å². The number of hydrogen-bond donors (Lipinski definition) is 1. The molecular formula is C20H27N3O2. The van der Waals surface area contributed by atoms with E-state index in [1.54, 1.807) is 0 Å². The van der Waals surface area contributed by atoms with Crippen LogP contribution < -0.4 is 10.1 Å². The van der Waals surface area contributed by atoms with Crippen LogP contribution in [0.25, 0.3) is 0 Å². The Morgan fingerprint density at radius 1 is 1.28 bits per heavy atom. The number of carbonyl (C=O) groups is 1. The minimum atomic E-state index is -0.0504. The maximum Gasteiger partial charge on any atom is 0.251 e. The molecule has 1 aliphatic carbocycles. The minimum Gasteiger partial charge on any atom is -0.494 e. The van der Waals surface area contributed by atoms with Gasteiger partial charge in [-0.1, -0.05) is 19.8 Å². The minimum absolute atomic E-state index is 0.0504. The van der Waals surface area contributed by atoms with Crippen LogP contribution in [-0.2, 0) is 6.54 Å². The molecule has 0 bridgehead atoms. The Hall–Kier alpha value is -2.30. The molecule has 1 aromatic carbocycles. The van der Waals surface area contributed by atoms with E-state index in [1.165, 1.54) is 25.7 Å². The first-order valence-corrected chi connectivity index (χ1v) is 9.30. The van der Waals surface area contributed by atoms with E-state index in [9.17, 15) is 4.79 Å². The second-order valence-corrected chi connectivity index (χ2v) is 6.59. The summed E-state index contributed by atoms with van der Waals surface area (Å²) in [4.78, 5) is 16.7. The number of rotatable bonds is 10. The van der Waals surface area contributed by atoms with Crippen molar-refractivity contribution in [2.75, 3.05) is 13.2 Å². The SMILES string of the molecule is CCCCCOc1ccc(C(=O)NCCn2ccnc2C2CC2)cc1. The van der Waals surface area contributed by atoms with Crippen LogP contribution in [0.5, 0.6) is 5.75 Å². The van der Waals surface area contributed by atoms with E-state index in [0.29, 0.717) is 18.0 Å². The summed E-state index contributed by atoms with van der Waals surface area (Å²) in [7, 11) is 0. The Bertz CT molecular complexity index is 675. The zero-order chi connectivity index (χ0) is 17.5. The van der Waals surface area contributed by atoms with Crippen LogP contribution in [0.4, 0.5) is 0 Å². The molecule has 1 aliphatic rings. The number of amides is 1. The van der Waals surface area contributed by atoms with Crippen molar-refractivity contribution in [2.45, 2.75) is 51.5 Å². The molecule has 1 aromatic heterocycles. The van der Waals surface area contributed by atoms with Crippen molar-refractivity contribution in [3.63, 3.8) is 0 Å². The van der Waals surface area contributed by atoms with Gasteiger partial charge in [0, 0.05) is 37.0 Å². The van der Waals surface area contributed by atoms with Gasteiger partial charge in [0.05, 0.1) is 6.61 Å². The van der Waals surface area contributed by atoms with Gasteiger partial charge in [-0.05, 0) is 43.5 Å². The second-order valence-electron chi connectivity index (χ2n) is 6.59. The number of carbonyl (C=O) groups excluding carboxylic acids is 1. The summed E-state index contributed by atoms with van der Waals surface area (Å²) in [6.45, 7) is 4.26. The van der Waals surface area contributed by atoms with Gasteiger partial charge < -0.3 is 14.6 Å². The average Bonchev–Trinajstić information content (AvgIpc) is 3.38. The highest BCUT2D eigenvalue weighted by molar-refractivity contribution is 5.94. The highest BCUT2D eigenvalue weighted by Crippen LogP contribution is 2.38. The number of aromatic nitrogens is 2. The molecule has 0 aliphatic heterocycles. The molecule has 0 atom stereocenters. The average molecular weight is 341 g/mol. The predicted molar refractivity (Wildman–Crippen MR) is 98.0 cm³/mol. The molecular weight excluding hydrogens is 314 g/mol. The molecule has 2 aromatic rings. The highest BCUT2D eigenvalue weighted by atomic mass is 16.5. The molecule has 5 nitrogen and oxygen atoms in total. The lowest BCUT2D eigenvalue weighted by atomic mass is 10.2. The molecule has 1 N–H and O–H groups in total. The monoisotopic (exact) mass is 341 g/mol. The van der Waals surface area contributed by atoms with E-state index in [2.05, 4.69) is 21.8 Å². The summed E-state index contributed by atoms with van der Waals surface area (Å²) in [5.74, 6) is 2.54. The van der Waals surface area contributed by atoms with Gasteiger partial charge >= 0.3 is 0 Å². The summed E-state index contributed by atoms with van der Waals surface area (Å²) >= 11 is 0. The summed E-state index contributed by atoms with van der Waals surface area (Å²) in [5.41, 5.74) is 0.661. The smallest absolute Gasteiger partial charge is 0.251 e. The molecule has 134 valence electrons. The van der Waals surface area contributed by atoms with Gasteiger partial charge in [0.25, 0.3) is 5.91 Å². The van der Waals surface area contributed by atoms with Gasteiger partial charge in [0.2, 0.25) is 0 Å². The van der Waals surface area contributed by atoms with Crippen LogP contribution in [0.2, 0.25) is 0 Å². The number of hydrogen-bond acceptors (Lipinski definition) is 3. The van der Waals surface area contributed by atoms with Crippen molar-refractivity contribution in [1.82, 2.24) is 14.9 Å². The van der Waals surface area contributed by atoms with Gasteiger partial charge in [-0.15, -0.1) is 0 Å². The fourth-order valence-electron chi connectivity index (χ4n) is 2.85. The van der Waals surface area contributed by atoms with E-state index < -0.39 is 0 Å². The van der Waals surface area contributed by atoms with Crippen LogP contribution in [0, 0.1) is 0 Å². The number of benzene rings is 1. The second kappa shape index (κ2) is 8.70. The molecule has 1 saturated carbocycles. The van der Waals surface area contributed by atoms with E-state index >= 15 is 0 Å². The Morgan fingerprint density at radius 3 is 2.80 bits per heavy atom. The zero-order valence-electron chi connectivity index (χ0n) is 14.9. The van der Waals surface area contributed by atoms with Crippen molar-refractivity contribution in [2.24, 2.45) is 0 Å². The van der Waals surface area contributed by atoms with Crippen molar-refractivity contribution in [3.05, 3.63) is 48.0 Å². The molecule has 1 amide bonds. The van der Waals surface area contributed by atoms with E-state index in [0.717, 1.165) is 31.1 Å². The first-order valence-electron chi connectivity index (χ1n) is 9.30. The van der Waals surface area contributed by atoms with E-state index in [-0.39, 0.29) is 5.91 Å². The number of unbranched alkanes of at least 4 members (excludes halogenated alkanes) is 2. The third-order valence-corrected chi connectivity index (χ3v) is 4.46. The number of imidazole rings is 1. The summed E-state index contributed by atoms with van der Waals surface area (Å²) < 4.78 is 7.82. The topological polar surface area (TPSA) is 56.1 Å². The Labute approximate surface area is 149 Å². The van der Waals surface area contributed by atoms with Crippen LogP contribution >= 0.6 is 0 Å². The largest absolute Gasteiger partial charge is 0.494 e. The Morgan fingerprint density at radius 2 is 2.08 bits per heavy atom. The predicted octanol–water partition coefficient (Wildman–Crippen LogP) is 3.76. The molecule has 3 rings (SSSR count). The quantitative estimate of drug-likeness (QED) is 0.670. The van der Waals surface area contributed by atoms with Crippen molar-refractivity contribution >= 4 is 5.91 Å². The number of nitrogens with one attached hydrogen (secondary N) is 1. The first-order chi connectivity index (χ1) is 12.3. The van der Waals surface area contributed by atoms with Crippen molar-refractivity contribution < 1.29 is 9.53 Å². The Kier molecular flexibility index (Phi) is 6.09. The Balaban J connectivity index is 1.42. The highest BCUT2D eigenvalue weighted by Gasteiger charge is 2.27. The lowest BCUT2D eigenvalue weighted by molar-refractivity contribution is 0.0952. The molecule has 0 unspecified atom stereocenters. The summed E-state index contributed by atoms with van der Waals surface area (Å²) in [6, 6.07) is 7.36. The molecule has 1 fully saturated rings. The van der Waals surface area contributed by atoms with Crippen LogP contribution in [-0.4, -0.2) is 28.6 Å². The molecule has 0 spiro atoms. The van der Waals surface area contributed by atoms with Gasteiger partial charge in [-0.3, -0.25) is 4.79 Å². The fraction of sp³-hybridized carbons (Fsp3) is 0.500. The van der Waals surface area contributed by atoms with Crippen molar-refractivity contribution in [3.8, 4) is 5.75 Å². The van der Waals surface area contributed by atoms with Gasteiger partial charge in [-0.25, -0.2) is 4.98 Å². The van der Waals surface area contributed by atoms with E-state index in [4.69, 9.17) is 4.74 Å². The van der Waals surface area contributed by atoms with Crippen LogP contribution in [0.3, 0.4) is 0 Å². The molecule has 25 heavy (non-hydrogen) atoms. The van der Waals surface area contributed by atoms with Crippen LogP contribution in [0.15, 0.2) is 36.7 Å². The van der Waals surface area contributed by atoms with Gasteiger partial charge in [0.1, 0.15) is 11.6 Å². The summed E-state index contributed by atoms with van der Waals surface area (Å²) in [6.07, 6.45) is 9.73. The molecule has 0 radical (unpaired) electrons. The van der Waals surface area contributed by atoms with Crippen LogP contribution in [0.1, 0.15) is 61.1 Å². The lowest BCUT2D eigenvalue weighted by Gasteiger charge is -2.09.